The minimum Gasteiger partial charge on any atom is -0.356 e. The molecule has 1 fully saturated rings. The first-order valence-corrected chi connectivity index (χ1v) is 5.91. The average molecular weight is 249 g/mol. The van der Waals surface area contributed by atoms with E-state index < -0.39 is 0 Å². The number of hydrogen-bond donors (Lipinski definition) is 0. The Morgan fingerprint density at radius 2 is 2.17 bits per heavy atom. The highest BCUT2D eigenvalue weighted by atomic mass is 19.1. The van der Waals surface area contributed by atoms with Gasteiger partial charge < -0.3 is 4.52 Å². The second-order valence-corrected chi connectivity index (χ2v) is 4.52. The van der Waals surface area contributed by atoms with Crippen molar-refractivity contribution < 1.29 is 8.91 Å². The predicted molar refractivity (Wildman–Crippen MR) is 63.3 cm³/mol. The molecular weight excluding hydrogens is 237 g/mol. The van der Waals surface area contributed by atoms with E-state index in [1.54, 1.807) is 6.07 Å². The Labute approximate surface area is 102 Å². The molecule has 0 aliphatic carbocycles. The van der Waals surface area contributed by atoms with Gasteiger partial charge in [0.05, 0.1) is 11.0 Å². The summed E-state index contributed by atoms with van der Waals surface area (Å²) < 4.78 is 18.2. The molecule has 2 heterocycles. The molecule has 1 aromatic carbocycles. The Kier molecular flexibility index (Phi) is 2.70. The zero-order chi connectivity index (χ0) is 12.5. The largest absolute Gasteiger partial charge is 0.356 e. The van der Waals surface area contributed by atoms with Gasteiger partial charge in [-0.1, -0.05) is 5.16 Å². The Morgan fingerprint density at radius 3 is 2.89 bits per heavy atom. The van der Waals surface area contributed by atoms with Crippen molar-refractivity contribution in [2.75, 3.05) is 13.1 Å². The number of aromatic nitrogens is 1. The molecule has 0 amide bonds. The first kappa shape index (κ1) is 11.1. The molecule has 0 unspecified atom stereocenters. The first-order chi connectivity index (χ1) is 8.78. The van der Waals surface area contributed by atoms with E-state index >= 15 is 0 Å². The lowest BCUT2D eigenvalue weighted by Gasteiger charge is -2.26. The minimum absolute atomic E-state index is 0.245. The highest BCUT2D eigenvalue weighted by Gasteiger charge is 2.24. The van der Waals surface area contributed by atoms with E-state index in [2.05, 4.69) is 10.4 Å². The summed E-state index contributed by atoms with van der Waals surface area (Å²) in [6.45, 7) is 1.26. The van der Waals surface area contributed by atoms with Gasteiger partial charge >= 0.3 is 0 Å². The van der Waals surface area contributed by atoms with E-state index in [1.165, 1.54) is 17.1 Å². The van der Waals surface area contributed by atoms with Gasteiger partial charge in [-0.05, 0) is 25.0 Å². The standard InChI is InChI=1S/C12H12FN3O2/c13-9-1-2-10-11(7-9)18-14-12(10)8-3-5-16(15-17)6-4-8/h1-2,7-8H,3-6H2. The van der Waals surface area contributed by atoms with Crippen molar-refractivity contribution in [3.8, 4) is 0 Å². The molecule has 2 aromatic rings. The minimum atomic E-state index is -0.329. The molecule has 0 radical (unpaired) electrons. The van der Waals surface area contributed by atoms with Crippen LogP contribution in [0.4, 0.5) is 4.39 Å². The lowest BCUT2D eigenvalue weighted by molar-refractivity contribution is 0.215. The van der Waals surface area contributed by atoms with Gasteiger partial charge in [-0.2, -0.15) is 0 Å². The van der Waals surface area contributed by atoms with Gasteiger partial charge in [-0.15, -0.1) is 4.91 Å². The fraction of sp³-hybridized carbons (Fsp3) is 0.417. The van der Waals surface area contributed by atoms with Crippen LogP contribution in [0.2, 0.25) is 0 Å². The quantitative estimate of drug-likeness (QED) is 0.768. The van der Waals surface area contributed by atoms with Gasteiger partial charge in [-0.25, -0.2) is 4.39 Å². The van der Waals surface area contributed by atoms with E-state index in [1.807, 2.05) is 0 Å². The molecule has 0 saturated carbocycles. The van der Waals surface area contributed by atoms with E-state index in [0.29, 0.717) is 18.7 Å². The predicted octanol–water partition coefficient (Wildman–Crippen LogP) is 2.83. The lowest BCUT2D eigenvalue weighted by Crippen LogP contribution is -2.28. The Bertz CT molecular complexity index is 576. The van der Waals surface area contributed by atoms with Crippen LogP contribution in [-0.2, 0) is 0 Å². The third kappa shape index (κ3) is 1.83. The van der Waals surface area contributed by atoms with Gasteiger partial charge in [-0.3, -0.25) is 5.01 Å². The lowest BCUT2D eigenvalue weighted by atomic mass is 9.92. The number of fused-ring (bicyclic) bond motifs is 1. The summed E-state index contributed by atoms with van der Waals surface area (Å²) in [5, 5.41) is 9.34. The van der Waals surface area contributed by atoms with Gasteiger partial charge in [0.15, 0.2) is 5.58 Å². The van der Waals surface area contributed by atoms with Crippen LogP contribution in [0, 0.1) is 10.7 Å². The molecule has 1 aliphatic heterocycles. The maximum absolute atomic E-state index is 13.0. The first-order valence-electron chi connectivity index (χ1n) is 5.91. The van der Waals surface area contributed by atoms with Crippen molar-refractivity contribution in [3.63, 3.8) is 0 Å². The molecule has 1 saturated heterocycles. The fourth-order valence-electron chi connectivity index (χ4n) is 2.45. The summed E-state index contributed by atoms with van der Waals surface area (Å²) in [6.07, 6.45) is 1.62. The van der Waals surface area contributed by atoms with Crippen molar-refractivity contribution >= 4 is 11.0 Å². The molecule has 1 aromatic heterocycles. The number of nitroso groups, excluding NO2 is 1. The third-order valence-corrected chi connectivity index (χ3v) is 3.44. The number of piperidine rings is 1. The summed E-state index contributed by atoms with van der Waals surface area (Å²) in [5.41, 5.74) is 1.33. The molecule has 0 bridgehead atoms. The van der Waals surface area contributed by atoms with Crippen molar-refractivity contribution in [2.45, 2.75) is 18.8 Å². The maximum atomic E-state index is 13.0. The molecule has 94 valence electrons. The monoisotopic (exact) mass is 249 g/mol. The Hall–Kier alpha value is -1.98. The second-order valence-electron chi connectivity index (χ2n) is 4.52. The fourth-order valence-corrected chi connectivity index (χ4v) is 2.45. The van der Waals surface area contributed by atoms with Crippen molar-refractivity contribution in [1.82, 2.24) is 10.2 Å². The summed E-state index contributed by atoms with van der Waals surface area (Å²) in [6, 6.07) is 4.44. The second kappa shape index (κ2) is 4.36. The molecule has 3 rings (SSSR count). The molecule has 1 aliphatic rings. The summed E-state index contributed by atoms with van der Waals surface area (Å²) in [4.78, 5) is 10.4. The highest BCUT2D eigenvalue weighted by molar-refractivity contribution is 5.79. The molecule has 5 nitrogen and oxygen atoms in total. The van der Waals surface area contributed by atoms with Gasteiger partial charge in [0.25, 0.3) is 0 Å². The molecule has 0 atom stereocenters. The van der Waals surface area contributed by atoms with Crippen LogP contribution in [0.3, 0.4) is 0 Å². The van der Waals surface area contributed by atoms with E-state index in [9.17, 15) is 9.30 Å². The van der Waals surface area contributed by atoms with Crippen molar-refractivity contribution in [3.05, 3.63) is 34.6 Å². The van der Waals surface area contributed by atoms with Gasteiger partial charge in [0.2, 0.25) is 0 Å². The number of halogens is 1. The summed E-state index contributed by atoms with van der Waals surface area (Å²) in [5.74, 6) is -0.0834. The maximum Gasteiger partial charge on any atom is 0.170 e. The molecule has 6 heteroatoms. The van der Waals surface area contributed by atoms with Crippen LogP contribution in [0.1, 0.15) is 24.5 Å². The van der Waals surface area contributed by atoms with Crippen molar-refractivity contribution in [2.24, 2.45) is 5.29 Å². The van der Waals surface area contributed by atoms with Gasteiger partial charge in [0.1, 0.15) is 5.82 Å². The summed E-state index contributed by atoms with van der Waals surface area (Å²) >= 11 is 0. The van der Waals surface area contributed by atoms with Crippen LogP contribution in [0.5, 0.6) is 0 Å². The Morgan fingerprint density at radius 1 is 1.39 bits per heavy atom. The number of benzene rings is 1. The number of hydrogen-bond acceptors (Lipinski definition) is 4. The van der Waals surface area contributed by atoms with Crippen LogP contribution in [-0.4, -0.2) is 23.3 Å². The molecular formula is C12H12FN3O2. The van der Waals surface area contributed by atoms with E-state index in [-0.39, 0.29) is 11.7 Å². The van der Waals surface area contributed by atoms with E-state index in [4.69, 9.17) is 4.52 Å². The average Bonchev–Trinajstić information content (AvgIpc) is 2.81. The number of rotatable bonds is 2. The Balaban J connectivity index is 1.89. The SMILES string of the molecule is O=NN1CCC(c2noc3cc(F)ccc23)CC1. The number of nitrogens with zero attached hydrogens (tertiary/aromatic N) is 3. The van der Waals surface area contributed by atoms with Gasteiger partial charge in [0, 0.05) is 30.5 Å². The molecule has 0 N–H and O–H groups in total. The highest BCUT2D eigenvalue weighted by Crippen LogP contribution is 2.32. The zero-order valence-electron chi connectivity index (χ0n) is 9.67. The topological polar surface area (TPSA) is 58.7 Å². The molecule has 18 heavy (non-hydrogen) atoms. The molecule has 0 spiro atoms. The van der Waals surface area contributed by atoms with Crippen LogP contribution < -0.4 is 0 Å². The smallest absolute Gasteiger partial charge is 0.170 e. The van der Waals surface area contributed by atoms with Crippen molar-refractivity contribution in [1.29, 1.82) is 0 Å². The zero-order valence-corrected chi connectivity index (χ0v) is 9.67. The third-order valence-electron chi connectivity index (χ3n) is 3.44. The van der Waals surface area contributed by atoms with Crippen LogP contribution in [0.25, 0.3) is 11.0 Å². The van der Waals surface area contributed by atoms with Crippen LogP contribution in [0.15, 0.2) is 28.0 Å². The van der Waals surface area contributed by atoms with E-state index in [0.717, 1.165) is 23.9 Å². The summed E-state index contributed by atoms with van der Waals surface area (Å²) in [7, 11) is 0. The van der Waals surface area contributed by atoms with Crippen LogP contribution >= 0.6 is 0 Å². The normalized spacial score (nSPS) is 17.3.